The summed E-state index contributed by atoms with van der Waals surface area (Å²) in [6.07, 6.45) is 1.94. The molecule has 0 bridgehead atoms. The van der Waals surface area contributed by atoms with E-state index in [-0.39, 0.29) is 17.5 Å². The van der Waals surface area contributed by atoms with Crippen LogP contribution in [0.1, 0.15) is 28.8 Å². The van der Waals surface area contributed by atoms with E-state index in [1.807, 2.05) is 24.3 Å². The van der Waals surface area contributed by atoms with Crippen molar-refractivity contribution >= 4 is 16.7 Å². The molecule has 22 heavy (non-hydrogen) atoms. The number of fused-ring (bicyclic) bond motifs is 1. The van der Waals surface area contributed by atoms with Crippen LogP contribution in [0.2, 0.25) is 0 Å². The summed E-state index contributed by atoms with van der Waals surface area (Å²) in [7, 11) is 0. The average Bonchev–Trinajstić information content (AvgIpc) is 3.29. The Hall–Kier alpha value is -2.42. The van der Waals surface area contributed by atoms with Crippen LogP contribution in [0.3, 0.4) is 0 Å². The number of hydrogen-bond donors (Lipinski definition) is 1. The number of para-hydroxylation sites is 1. The molecule has 0 aliphatic heterocycles. The molecule has 3 heteroatoms. The first-order valence-electron chi connectivity index (χ1n) is 7.56. The van der Waals surface area contributed by atoms with Crippen molar-refractivity contribution in [1.82, 2.24) is 4.98 Å². The van der Waals surface area contributed by atoms with Crippen molar-refractivity contribution in [3.63, 3.8) is 0 Å². The second-order valence-electron chi connectivity index (χ2n) is 6.02. The van der Waals surface area contributed by atoms with Crippen LogP contribution in [0.15, 0.2) is 42.5 Å². The Morgan fingerprint density at radius 2 is 1.95 bits per heavy atom. The van der Waals surface area contributed by atoms with Gasteiger partial charge in [-0.25, -0.2) is 4.39 Å². The minimum Gasteiger partial charge on any atom is -0.354 e. The summed E-state index contributed by atoms with van der Waals surface area (Å²) in [6.45, 7) is 1.74. The van der Waals surface area contributed by atoms with Gasteiger partial charge in [0.2, 0.25) is 0 Å². The summed E-state index contributed by atoms with van der Waals surface area (Å²) in [5, 5.41) is 0.955. The molecule has 0 atom stereocenters. The van der Waals surface area contributed by atoms with Gasteiger partial charge in [-0.2, -0.15) is 0 Å². The molecule has 1 N–H and O–H groups in total. The Bertz CT molecular complexity index is 890. The number of carbonyl (C=O) groups excluding carboxylic acids is 1. The Labute approximate surface area is 128 Å². The van der Waals surface area contributed by atoms with Crippen LogP contribution in [0.5, 0.6) is 0 Å². The van der Waals surface area contributed by atoms with Gasteiger partial charge in [0.15, 0.2) is 5.78 Å². The summed E-state index contributed by atoms with van der Waals surface area (Å²) in [6, 6.07) is 12.8. The molecular formula is C19H16FNO. The van der Waals surface area contributed by atoms with Crippen molar-refractivity contribution in [2.24, 2.45) is 5.92 Å². The van der Waals surface area contributed by atoms with Crippen molar-refractivity contribution in [3.8, 4) is 11.3 Å². The first-order chi connectivity index (χ1) is 10.6. The minimum absolute atomic E-state index is 0.152. The Balaban J connectivity index is 1.97. The summed E-state index contributed by atoms with van der Waals surface area (Å²) in [5.41, 5.74) is 3.95. The van der Waals surface area contributed by atoms with Crippen LogP contribution in [0, 0.1) is 18.7 Å². The third-order valence-electron chi connectivity index (χ3n) is 4.35. The highest BCUT2D eigenvalue weighted by atomic mass is 19.1. The van der Waals surface area contributed by atoms with E-state index in [0.29, 0.717) is 5.56 Å². The van der Waals surface area contributed by atoms with Gasteiger partial charge in [-0.05, 0) is 55.2 Å². The second-order valence-corrected chi connectivity index (χ2v) is 6.02. The molecule has 1 fully saturated rings. The fourth-order valence-electron chi connectivity index (χ4n) is 2.96. The standard InChI is InChI=1S/C19H16FNO/c1-11-10-13(8-9-15(11)20)18-17(19(22)12-6-7-12)14-4-2-3-5-16(14)21-18/h2-5,8-10,12,21H,6-7H2,1H3. The predicted octanol–water partition coefficient (Wildman–Crippen LogP) is 4.88. The molecule has 0 amide bonds. The lowest BCUT2D eigenvalue weighted by Gasteiger charge is -2.05. The Kier molecular flexibility index (Phi) is 2.89. The predicted molar refractivity (Wildman–Crippen MR) is 85.5 cm³/mol. The van der Waals surface area contributed by atoms with Crippen molar-refractivity contribution in [2.75, 3.05) is 0 Å². The maximum Gasteiger partial charge on any atom is 0.168 e. The van der Waals surface area contributed by atoms with E-state index in [9.17, 15) is 9.18 Å². The minimum atomic E-state index is -0.227. The topological polar surface area (TPSA) is 32.9 Å². The number of benzene rings is 2. The number of rotatable bonds is 3. The largest absolute Gasteiger partial charge is 0.354 e. The Morgan fingerprint density at radius 1 is 1.18 bits per heavy atom. The highest BCUT2D eigenvalue weighted by Gasteiger charge is 2.33. The van der Waals surface area contributed by atoms with E-state index in [4.69, 9.17) is 0 Å². The lowest BCUT2D eigenvalue weighted by atomic mass is 9.98. The molecule has 1 saturated carbocycles. The maximum atomic E-state index is 13.5. The number of halogens is 1. The van der Waals surface area contributed by atoms with Gasteiger partial charge >= 0.3 is 0 Å². The highest BCUT2D eigenvalue weighted by Crippen LogP contribution is 2.39. The summed E-state index contributed by atoms with van der Waals surface area (Å²) in [4.78, 5) is 16.1. The zero-order valence-electron chi connectivity index (χ0n) is 12.3. The first kappa shape index (κ1) is 13.3. The van der Waals surface area contributed by atoms with Crippen LogP contribution in [0.4, 0.5) is 4.39 Å². The summed E-state index contributed by atoms with van der Waals surface area (Å²) < 4.78 is 13.5. The number of aromatic nitrogens is 1. The summed E-state index contributed by atoms with van der Waals surface area (Å²) >= 11 is 0. The quantitative estimate of drug-likeness (QED) is 0.686. The van der Waals surface area contributed by atoms with Crippen LogP contribution < -0.4 is 0 Å². The van der Waals surface area contributed by atoms with Gasteiger partial charge in [0.25, 0.3) is 0 Å². The van der Waals surface area contributed by atoms with Crippen molar-refractivity contribution in [1.29, 1.82) is 0 Å². The molecular weight excluding hydrogens is 277 g/mol. The molecule has 1 aliphatic carbocycles. The van der Waals surface area contributed by atoms with Gasteiger partial charge in [0.05, 0.1) is 11.3 Å². The van der Waals surface area contributed by atoms with Gasteiger partial charge in [-0.15, -0.1) is 0 Å². The van der Waals surface area contributed by atoms with Gasteiger partial charge < -0.3 is 4.98 Å². The van der Waals surface area contributed by atoms with Crippen LogP contribution >= 0.6 is 0 Å². The number of ketones is 1. The normalized spacial score (nSPS) is 14.5. The average molecular weight is 293 g/mol. The fourth-order valence-corrected chi connectivity index (χ4v) is 2.96. The molecule has 2 nitrogen and oxygen atoms in total. The number of carbonyl (C=O) groups is 1. The molecule has 0 radical (unpaired) electrons. The van der Waals surface area contributed by atoms with E-state index in [1.165, 1.54) is 6.07 Å². The van der Waals surface area contributed by atoms with Gasteiger partial charge in [-0.1, -0.05) is 18.2 Å². The molecule has 1 aromatic heterocycles. The van der Waals surface area contributed by atoms with Gasteiger partial charge in [0.1, 0.15) is 5.82 Å². The second kappa shape index (κ2) is 4.80. The number of H-pyrrole nitrogens is 1. The molecule has 1 aliphatic rings. The van der Waals surface area contributed by atoms with E-state index in [0.717, 1.165) is 40.6 Å². The number of Topliss-reactive ketones (excluding diaryl/α,β-unsaturated/α-hetero) is 1. The third kappa shape index (κ3) is 2.05. The molecule has 2 aromatic carbocycles. The van der Waals surface area contributed by atoms with Crippen molar-refractivity contribution in [2.45, 2.75) is 19.8 Å². The van der Waals surface area contributed by atoms with Crippen LogP contribution in [0.25, 0.3) is 22.2 Å². The molecule has 1 heterocycles. The van der Waals surface area contributed by atoms with Gasteiger partial charge in [-0.3, -0.25) is 4.79 Å². The number of aryl methyl sites for hydroxylation is 1. The SMILES string of the molecule is Cc1cc(-c2[nH]c3ccccc3c2C(=O)C2CC2)ccc1F. The van der Waals surface area contributed by atoms with E-state index in [1.54, 1.807) is 19.1 Å². The van der Waals surface area contributed by atoms with Gasteiger partial charge in [0, 0.05) is 16.8 Å². The number of hydrogen-bond acceptors (Lipinski definition) is 1. The fraction of sp³-hybridized carbons (Fsp3) is 0.211. The van der Waals surface area contributed by atoms with Crippen molar-refractivity contribution < 1.29 is 9.18 Å². The third-order valence-corrected chi connectivity index (χ3v) is 4.35. The molecule has 0 spiro atoms. The van der Waals surface area contributed by atoms with Crippen LogP contribution in [-0.2, 0) is 0 Å². The molecule has 4 rings (SSSR count). The molecule has 110 valence electrons. The van der Waals surface area contributed by atoms with E-state index >= 15 is 0 Å². The zero-order chi connectivity index (χ0) is 15.3. The highest BCUT2D eigenvalue weighted by molar-refractivity contribution is 6.14. The lowest BCUT2D eigenvalue weighted by Crippen LogP contribution is -2.02. The lowest BCUT2D eigenvalue weighted by molar-refractivity contribution is 0.0970. The summed E-state index contributed by atoms with van der Waals surface area (Å²) in [5.74, 6) is 0.129. The Morgan fingerprint density at radius 3 is 2.68 bits per heavy atom. The van der Waals surface area contributed by atoms with Crippen LogP contribution in [-0.4, -0.2) is 10.8 Å². The molecule has 0 saturated heterocycles. The van der Waals surface area contributed by atoms with Crippen molar-refractivity contribution in [3.05, 3.63) is 59.4 Å². The molecule has 0 unspecified atom stereocenters. The zero-order valence-corrected chi connectivity index (χ0v) is 12.3. The number of aromatic amines is 1. The van der Waals surface area contributed by atoms with E-state index in [2.05, 4.69) is 4.98 Å². The monoisotopic (exact) mass is 293 g/mol. The first-order valence-corrected chi connectivity index (χ1v) is 7.56. The smallest absolute Gasteiger partial charge is 0.168 e. The van der Waals surface area contributed by atoms with E-state index < -0.39 is 0 Å². The maximum absolute atomic E-state index is 13.5. The molecule has 3 aromatic rings. The number of nitrogens with one attached hydrogen (secondary N) is 1.